The Morgan fingerprint density at radius 1 is 1.26 bits per heavy atom. The number of hydrogen-bond donors (Lipinski definition) is 1. The van der Waals surface area contributed by atoms with Crippen molar-refractivity contribution in [2.24, 2.45) is 5.92 Å². The molecule has 1 aromatic carbocycles. The van der Waals surface area contributed by atoms with E-state index in [2.05, 4.69) is 23.9 Å². The summed E-state index contributed by atoms with van der Waals surface area (Å²) in [5.74, 6) is 0.557. The fraction of sp³-hybridized carbons (Fsp3) is 0.600. The molecule has 4 heteroatoms. The molecule has 3 nitrogen and oxygen atoms in total. The average molecular weight is 265 g/mol. The average Bonchev–Trinajstić information content (AvgIpc) is 2.29. The van der Waals surface area contributed by atoms with Crippen LogP contribution in [0.15, 0.2) is 18.2 Å². The number of hydrogen-bond acceptors (Lipinski definition) is 3. The highest BCUT2D eigenvalue weighted by molar-refractivity contribution is 5.41. The first-order valence-corrected chi connectivity index (χ1v) is 6.95. The van der Waals surface area contributed by atoms with Crippen molar-refractivity contribution in [1.29, 1.82) is 0 Å². The summed E-state index contributed by atoms with van der Waals surface area (Å²) in [6.45, 7) is 4.15. The fourth-order valence-corrected chi connectivity index (χ4v) is 2.87. The zero-order valence-corrected chi connectivity index (χ0v) is 11.9. The number of likely N-dealkylation sites (tertiary alicyclic amines) is 1. The molecule has 19 heavy (non-hydrogen) atoms. The zero-order valence-electron chi connectivity index (χ0n) is 11.9. The third-order valence-corrected chi connectivity index (χ3v) is 3.72. The molecular weight excluding hydrogens is 241 g/mol. The summed E-state index contributed by atoms with van der Waals surface area (Å²) >= 11 is 0. The highest BCUT2D eigenvalue weighted by Gasteiger charge is 2.19. The molecule has 1 aliphatic heterocycles. The van der Waals surface area contributed by atoms with Gasteiger partial charge in [-0.05, 0) is 69.7 Å². The van der Waals surface area contributed by atoms with Crippen LogP contribution < -0.4 is 5.73 Å². The van der Waals surface area contributed by atoms with Gasteiger partial charge in [-0.2, -0.15) is 0 Å². The lowest BCUT2D eigenvalue weighted by atomic mass is 9.96. The van der Waals surface area contributed by atoms with Crippen LogP contribution in [0, 0.1) is 11.7 Å². The zero-order chi connectivity index (χ0) is 13.8. The lowest BCUT2D eigenvalue weighted by molar-refractivity contribution is 0.157. The first kappa shape index (κ1) is 14.3. The monoisotopic (exact) mass is 265 g/mol. The summed E-state index contributed by atoms with van der Waals surface area (Å²) < 4.78 is 13.3. The minimum absolute atomic E-state index is 0.238. The molecule has 0 atom stereocenters. The van der Waals surface area contributed by atoms with Gasteiger partial charge in [0.15, 0.2) is 0 Å². The van der Waals surface area contributed by atoms with Crippen molar-refractivity contribution in [1.82, 2.24) is 9.80 Å². The van der Waals surface area contributed by atoms with E-state index in [0.29, 0.717) is 5.69 Å². The summed E-state index contributed by atoms with van der Waals surface area (Å²) in [6, 6.07) is 4.82. The van der Waals surface area contributed by atoms with Crippen molar-refractivity contribution < 1.29 is 4.39 Å². The highest BCUT2D eigenvalue weighted by Crippen LogP contribution is 2.20. The molecule has 1 heterocycles. The molecule has 0 radical (unpaired) electrons. The second-order valence-corrected chi connectivity index (χ2v) is 5.87. The van der Waals surface area contributed by atoms with E-state index < -0.39 is 0 Å². The molecule has 1 fully saturated rings. The van der Waals surface area contributed by atoms with Crippen LogP contribution in [-0.4, -0.2) is 43.5 Å². The maximum Gasteiger partial charge on any atom is 0.125 e. The van der Waals surface area contributed by atoms with Crippen molar-refractivity contribution in [3.63, 3.8) is 0 Å². The molecule has 0 saturated carbocycles. The topological polar surface area (TPSA) is 32.5 Å². The molecule has 1 aromatic rings. The number of nitrogen functional groups attached to an aromatic ring is 1. The Hall–Kier alpha value is -1.13. The van der Waals surface area contributed by atoms with Crippen LogP contribution in [0.3, 0.4) is 0 Å². The van der Waals surface area contributed by atoms with E-state index in [1.54, 1.807) is 6.07 Å². The Labute approximate surface area is 115 Å². The van der Waals surface area contributed by atoms with Crippen molar-refractivity contribution in [3.8, 4) is 0 Å². The first-order valence-electron chi connectivity index (χ1n) is 6.95. The number of piperidine rings is 1. The molecule has 106 valence electrons. The quantitative estimate of drug-likeness (QED) is 0.847. The molecule has 0 aliphatic carbocycles. The molecular formula is C15H24FN3. The fourth-order valence-electron chi connectivity index (χ4n) is 2.87. The van der Waals surface area contributed by atoms with Gasteiger partial charge in [-0.3, -0.25) is 4.90 Å². The van der Waals surface area contributed by atoms with Gasteiger partial charge in [-0.25, -0.2) is 4.39 Å². The van der Waals surface area contributed by atoms with Crippen LogP contribution in [0.2, 0.25) is 0 Å². The molecule has 1 saturated heterocycles. The van der Waals surface area contributed by atoms with Crippen LogP contribution in [0.5, 0.6) is 0 Å². The maximum atomic E-state index is 13.3. The molecule has 2 rings (SSSR count). The van der Waals surface area contributed by atoms with Gasteiger partial charge in [0.05, 0.1) is 0 Å². The van der Waals surface area contributed by atoms with Gasteiger partial charge < -0.3 is 10.6 Å². The van der Waals surface area contributed by atoms with Crippen molar-refractivity contribution in [3.05, 3.63) is 29.6 Å². The van der Waals surface area contributed by atoms with E-state index in [0.717, 1.165) is 31.1 Å². The van der Waals surface area contributed by atoms with Gasteiger partial charge in [0, 0.05) is 18.8 Å². The Morgan fingerprint density at radius 2 is 1.95 bits per heavy atom. The number of rotatable bonds is 4. The molecule has 0 spiro atoms. The van der Waals surface area contributed by atoms with Gasteiger partial charge in [0.2, 0.25) is 0 Å². The van der Waals surface area contributed by atoms with Crippen LogP contribution in [0.1, 0.15) is 18.4 Å². The lowest BCUT2D eigenvalue weighted by Gasteiger charge is -2.33. The van der Waals surface area contributed by atoms with Gasteiger partial charge in [0.25, 0.3) is 0 Å². The molecule has 1 aliphatic rings. The van der Waals surface area contributed by atoms with Gasteiger partial charge >= 0.3 is 0 Å². The Balaban J connectivity index is 1.85. The largest absolute Gasteiger partial charge is 0.399 e. The molecule has 0 aromatic heterocycles. The number of halogens is 1. The molecule has 0 bridgehead atoms. The summed E-state index contributed by atoms with van der Waals surface area (Å²) in [5.41, 5.74) is 7.16. The van der Waals surface area contributed by atoms with E-state index in [-0.39, 0.29) is 5.82 Å². The summed E-state index contributed by atoms with van der Waals surface area (Å²) in [4.78, 5) is 4.65. The van der Waals surface area contributed by atoms with E-state index in [1.165, 1.54) is 25.5 Å². The SMILES string of the molecule is CN(C)CC1CCN(Cc2cc(N)cc(F)c2)CC1. The van der Waals surface area contributed by atoms with Crippen LogP contribution >= 0.6 is 0 Å². The maximum absolute atomic E-state index is 13.3. The number of nitrogens with two attached hydrogens (primary N) is 1. The Kier molecular flexibility index (Phi) is 4.77. The summed E-state index contributed by atoms with van der Waals surface area (Å²) in [5, 5.41) is 0. The molecule has 0 unspecified atom stereocenters. The standard InChI is InChI=1S/C15H24FN3/c1-18(2)10-12-3-5-19(6-4-12)11-13-7-14(16)9-15(17)8-13/h7-9,12H,3-6,10-11,17H2,1-2H3. The van der Waals surface area contributed by atoms with Crippen LogP contribution in [0.25, 0.3) is 0 Å². The predicted octanol–water partition coefficient (Wildman–Crippen LogP) is 2.18. The second kappa shape index (κ2) is 6.35. The molecule has 0 amide bonds. The van der Waals surface area contributed by atoms with E-state index in [9.17, 15) is 4.39 Å². The van der Waals surface area contributed by atoms with Crippen molar-refractivity contribution >= 4 is 5.69 Å². The summed E-state index contributed by atoms with van der Waals surface area (Å²) in [6.07, 6.45) is 2.45. The minimum atomic E-state index is -0.238. The van der Waals surface area contributed by atoms with Gasteiger partial charge in [0.1, 0.15) is 5.82 Å². The van der Waals surface area contributed by atoms with Crippen LogP contribution in [-0.2, 0) is 6.54 Å². The Bertz CT molecular complexity index is 392. The number of nitrogens with zero attached hydrogens (tertiary/aromatic N) is 2. The van der Waals surface area contributed by atoms with Crippen LogP contribution in [0.4, 0.5) is 10.1 Å². The first-order chi connectivity index (χ1) is 9.02. The highest BCUT2D eigenvalue weighted by atomic mass is 19.1. The van der Waals surface area contributed by atoms with Crippen molar-refractivity contribution in [2.45, 2.75) is 19.4 Å². The van der Waals surface area contributed by atoms with E-state index >= 15 is 0 Å². The van der Waals surface area contributed by atoms with E-state index in [1.807, 2.05) is 6.07 Å². The van der Waals surface area contributed by atoms with Gasteiger partial charge in [-0.15, -0.1) is 0 Å². The lowest BCUT2D eigenvalue weighted by Crippen LogP contribution is -2.36. The number of benzene rings is 1. The second-order valence-electron chi connectivity index (χ2n) is 5.87. The third kappa shape index (κ3) is 4.48. The Morgan fingerprint density at radius 3 is 2.53 bits per heavy atom. The minimum Gasteiger partial charge on any atom is -0.399 e. The van der Waals surface area contributed by atoms with Gasteiger partial charge in [-0.1, -0.05) is 0 Å². The smallest absolute Gasteiger partial charge is 0.125 e. The molecule has 2 N–H and O–H groups in total. The summed E-state index contributed by atoms with van der Waals surface area (Å²) in [7, 11) is 4.25. The van der Waals surface area contributed by atoms with Crippen molar-refractivity contribution in [2.75, 3.05) is 39.5 Å². The number of anilines is 1. The normalized spacial score (nSPS) is 18.1. The van der Waals surface area contributed by atoms with E-state index in [4.69, 9.17) is 5.73 Å². The third-order valence-electron chi connectivity index (χ3n) is 3.72. The predicted molar refractivity (Wildman–Crippen MR) is 77.4 cm³/mol.